The highest BCUT2D eigenvalue weighted by molar-refractivity contribution is 6.30. The summed E-state index contributed by atoms with van der Waals surface area (Å²) in [4.78, 5) is 0. The number of allylic oxidation sites excluding steroid dienone is 1. The van der Waals surface area contributed by atoms with Crippen LogP contribution in [0.1, 0.15) is 31.7 Å². The van der Waals surface area contributed by atoms with E-state index in [1.807, 2.05) is 6.08 Å². The maximum absolute atomic E-state index is 14.2. The topological polar surface area (TPSA) is 35.8 Å². The molecule has 1 aromatic carbocycles. The Bertz CT molecular complexity index is 577. The number of nitrogens with one attached hydrogen (secondary N) is 1. The molecule has 1 saturated heterocycles. The van der Waals surface area contributed by atoms with Gasteiger partial charge in [0.05, 0.1) is 17.0 Å². The van der Waals surface area contributed by atoms with E-state index in [2.05, 4.69) is 31.8 Å². The molecule has 1 heterocycles. The van der Waals surface area contributed by atoms with Crippen molar-refractivity contribution in [2.75, 3.05) is 6.54 Å². The smallest absolute Gasteiger partial charge is 0.145 e. The largest absolute Gasteiger partial charge is 0.312 e. The van der Waals surface area contributed by atoms with E-state index in [1.54, 1.807) is 12.1 Å². The third-order valence-corrected chi connectivity index (χ3v) is 4.59. The lowest BCUT2D eigenvalue weighted by Crippen LogP contribution is -2.31. The van der Waals surface area contributed by atoms with Crippen molar-refractivity contribution in [3.63, 3.8) is 0 Å². The molecule has 1 aliphatic heterocycles. The molecule has 0 aromatic heterocycles. The Kier molecular flexibility index (Phi) is 4.70. The van der Waals surface area contributed by atoms with Crippen LogP contribution in [-0.2, 0) is 0 Å². The Balaban J connectivity index is 2.26. The molecule has 3 atom stereocenters. The zero-order valence-electron chi connectivity index (χ0n) is 12.4. The quantitative estimate of drug-likeness (QED) is 0.843. The molecular weight excluding hydrogens is 287 g/mol. The zero-order valence-corrected chi connectivity index (χ0v) is 13.1. The second kappa shape index (κ2) is 6.17. The highest BCUT2D eigenvalue weighted by Crippen LogP contribution is 2.38. The number of rotatable bonds is 4. The van der Waals surface area contributed by atoms with Crippen molar-refractivity contribution < 1.29 is 4.39 Å². The molecule has 0 amide bonds. The second-order valence-corrected chi connectivity index (χ2v) is 6.72. The first kappa shape index (κ1) is 16.0. The first-order chi connectivity index (χ1) is 9.89. The Morgan fingerprint density at radius 2 is 2.29 bits per heavy atom. The average molecular weight is 307 g/mol. The molecule has 2 nitrogen and oxygen atoms in total. The second-order valence-electron chi connectivity index (χ2n) is 6.32. The van der Waals surface area contributed by atoms with Crippen LogP contribution in [-0.4, -0.2) is 12.6 Å². The SMILES string of the molecule is C=CC(C)(C)CC1NCC(c2cccc(Cl)c2F)C1C#N. The summed E-state index contributed by atoms with van der Waals surface area (Å²) < 4.78 is 14.2. The van der Waals surface area contributed by atoms with Gasteiger partial charge in [0.25, 0.3) is 0 Å². The molecule has 2 rings (SSSR count). The molecule has 1 aliphatic rings. The predicted octanol–water partition coefficient (Wildman–Crippen LogP) is 4.28. The summed E-state index contributed by atoms with van der Waals surface area (Å²) in [6.45, 7) is 8.60. The van der Waals surface area contributed by atoms with Gasteiger partial charge in [-0.1, -0.05) is 43.7 Å². The van der Waals surface area contributed by atoms with Crippen molar-refractivity contribution in [1.82, 2.24) is 5.32 Å². The Morgan fingerprint density at radius 3 is 2.90 bits per heavy atom. The minimum atomic E-state index is -0.408. The standard InChI is InChI=1S/C17H20ClFN2/c1-4-17(2,3)8-15-12(9-20)13(10-21-15)11-6-5-7-14(18)16(11)19/h4-7,12-13,15,21H,1,8,10H2,2-3H3. The van der Waals surface area contributed by atoms with Crippen molar-refractivity contribution in [2.24, 2.45) is 11.3 Å². The number of nitrogens with zero attached hydrogens (tertiary/aromatic N) is 1. The Labute approximate surface area is 130 Å². The first-order valence-corrected chi connectivity index (χ1v) is 7.48. The van der Waals surface area contributed by atoms with E-state index in [0.29, 0.717) is 12.1 Å². The summed E-state index contributed by atoms with van der Waals surface area (Å²) in [7, 11) is 0. The van der Waals surface area contributed by atoms with Gasteiger partial charge in [-0.25, -0.2) is 4.39 Å². The fourth-order valence-corrected chi connectivity index (χ4v) is 3.13. The monoisotopic (exact) mass is 306 g/mol. The maximum atomic E-state index is 14.2. The summed E-state index contributed by atoms with van der Waals surface area (Å²) in [5.74, 6) is -0.841. The molecule has 0 spiro atoms. The molecule has 112 valence electrons. The van der Waals surface area contributed by atoms with Gasteiger partial charge in [-0.3, -0.25) is 0 Å². The van der Waals surface area contributed by atoms with Gasteiger partial charge in [-0.05, 0) is 23.5 Å². The van der Waals surface area contributed by atoms with Gasteiger partial charge in [0, 0.05) is 18.5 Å². The van der Waals surface area contributed by atoms with Crippen LogP contribution in [0.25, 0.3) is 0 Å². The Hall–Kier alpha value is -1.37. The van der Waals surface area contributed by atoms with E-state index in [4.69, 9.17) is 11.6 Å². The van der Waals surface area contributed by atoms with Gasteiger partial charge in [-0.15, -0.1) is 6.58 Å². The lowest BCUT2D eigenvalue weighted by Gasteiger charge is -2.26. The fraction of sp³-hybridized carbons (Fsp3) is 0.471. The van der Waals surface area contributed by atoms with E-state index < -0.39 is 5.82 Å². The van der Waals surface area contributed by atoms with Crippen LogP contribution >= 0.6 is 11.6 Å². The average Bonchev–Trinajstić information content (AvgIpc) is 2.83. The van der Waals surface area contributed by atoms with Crippen molar-refractivity contribution in [2.45, 2.75) is 32.2 Å². The third-order valence-electron chi connectivity index (χ3n) is 4.30. The van der Waals surface area contributed by atoms with E-state index in [0.717, 1.165) is 6.42 Å². The molecule has 0 saturated carbocycles. The molecule has 0 radical (unpaired) electrons. The molecule has 0 bridgehead atoms. The van der Waals surface area contributed by atoms with Crippen LogP contribution < -0.4 is 5.32 Å². The normalized spacial score (nSPS) is 25.6. The third kappa shape index (κ3) is 3.28. The van der Waals surface area contributed by atoms with Crippen LogP contribution in [0.3, 0.4) is 0 Å². The maximum Gasteiger partial charge on any atom is 0.145 e. The van der Waals surface area contributed by atoms with Crippen LogP contribution in [0.2, 0.25) is 5.02 Å². The van der Waals surface area contributed by atoms with Gasteiger partial charge in [0.15, 0.2) is 0 Å². The van der Waals surface area contributed by atoms with Gasteiger partial charge in [0.1, 0.15) is 5.82 Å². The summed E-state index contributed by atoms with van der Waals surface area (Å²) in [5, 5.41) is 13.0. The minimum absolute atomic E-state index is 0.0337. The van der Waals surface area contributed by atoms with Crippen LogP contribution in [0.4, 0.5) is 4.39 Å². The highest BCUT2D eigenvalue weighted by atomic mass is 35.5. The van der Waals surface area contributed by atoms with Crippen LogP contribution in [0.5, 0.6) is 0 Å². The van der Waals surface area contributed by atoms with Crippen molar-refractivity contribution in [3.8, 4) is 6.07 Å². The van der Waals surface area contributed by atoms with Gasteiger partial charge < -0.3 is 5.32 Å². The summed E-state index contributed by atoms with van der Waals surface area (Å²) in [5.41, 5.74) is 0.467. The molecule has 1 fully saturated rings. The van der Waals surface area contributed by atoms with Crippen molar-refractivity contribution >= 4 is 11.6 Å². The van der Waals surface area contributed by atoms with Crippen molar-refractivity contribution in [3.05, 3.63) is 47.3 Å². The molecule has 4 heteroatoms. The van der Waals surface area contributed by atoms with Gasteiger partial charge >= 0.3 is 0 Å². The summed E-state index contributed by atoms with van der Waals surface area (Å²) >= 11 is 5.86. The molecular formula is C17H20ClFN2. The fourth-order valence-electron chi connectivity index (χ4n) is 2.95. The van der Waals surface area contributed by atoms with Gasteiger partial charge in [0.2, 0.25) is 0 Å². The molecule has 1 N–H and O–H groups in total. The van der Waals surface area contributed by atoms with Crippen LogP contribution in [0, 0.1) is 28.5 Å². The lowest BCUT2D eigenvalue weighted by molar-refractivity contribution is 0.341. The van der Waals surface area contributed by atoms with E-state index in [-0.39, 0.29) is 28.3 Å². The number of hydrogen-bond acceptors (Lipinski definition) is 2. The summed E-state index contributed by atoms with van der Waals surface area (Å²) in [6.07, 6.45) is 2.70. The highest BCUT2D eigenvalue weighted by Gasteiger charge is 2.40. The summed E-state index contributed by atoms with van der Waals surface area (Å²) in [6, 6.07) is 7.37. The van der Waals surface area contributed by atoms with Crippen molar-refractivity contribution in [1.29, 1.82) is 5.26 Å². The molecule has 0 aliphatic carbocycles. The van der Waals surface area contributed by atoms with E-state index in [9.17, 15) is 9.65 Å². The number of benzene rings is 1. The van der Waals surface area contributed by atoms with Gasteiger partial charge in [-0.2, -0.15) is 5.26 Å². The van der Waals surface area contributed by atoms with E-state index >= 15 is 0 Å². The molecule has 21 heavy (non-hydrogen) atoms. The van der Waals surface area contributed by atoms with Crippen LogP contribution in [0.15, 0.2) is 30.9 Å². The van der Waals surface area contributed by atoms with E-state index in [1.165, 1.54) is 6.07 Å². The zero-order chi connectivity index (χ0) is 15.6. The minimum Gasteiger partial charge on any atom is -0.312 e. The number of halogens is 2. The Morgan fingerprint density at radius 1 is 1.57 bits per heavy atom. The first-order valence-electron chi connectivity index (χ1n) is 7.10. The molecule has 1 aromatic rings. The number of nitriles is 1. The predicted molar refractivity (Wildman–Crippen MR) is 83.6 cm³/mol. The number of hydrogen-bond donors (Lipinski definition) is 1. The lowest BCUT2D eigenvalue weighted by atomic mass is 9.78. The molecule has 3 unspecified atom stereocenters.